The zero-order chi connectivity index (χ0) is 15.7. The van der Waals surface area contributed by atoms with Gasteiger partial charge in [0.1, 0.15) is 21.5 Å². The fraction of sp³-hybridized carbons (Fsp3) is 0.400. The summed E-state index contributed by atoms with van der Waals surface area (Å²) < 4.78 is 73.8. The normalized spacial score (nSPS) is 12.8. The molecule has 0 heterocycles. The summed E-state index contributed by atoms with van der Waals surface area (Å²) in [6.07, 6.45) is 0.928. The highest BCUT2D eigenvalue weighted by molar-refractivity contribution is 7.91. The van der Waals surface area contributed by atoms with Crippen molar-refractivity contribution in [2.45, 2.75) is 4.90 Å². The van der Waals surface area contributed by atoms with E-state index in [2.05, 4.69) is 0 Å². The van der Waals surface area contributed by atoms with E-state index in [1.54, 1.807) is 0 Å². The van der Waals surface area contributed by atoms with E-state index in [0.29, 0.717) is 16.4 Å². The molecule has 0 saturated heterocycles. The fourth-order valence-corrected chi connectivity index (χ4v) is 3.37. The van der Waals surface area contributed by atoms with Crippen LogP contribution in [-0.4, -0.2) is 46.7 Å². The van der Waals surface area contributed by atoms with Gasteiger partial charge in [0.2, 0.25) is 10.0 Å². The molecule has 1 aromatic carbocycles. The molecule has 114 valence electrons. The Labute approximate surface area is 116 Å². The average molecular weight is 328 g/mol. The molecule has 0 amide bonds. The number of hydrogen-bond acceptors (Lipinski definition) is 5. The van der Waals surface area contributed by atoms with Crippen LogP contribution < -0.4 is 5.73 Å². The minimum atomic E-state index is -4.48. The minimum absolute atomic E-state index is 0.252. The Morgan fingerprint density at radius 3 is 2.00 bits per heavy atom. The SMILES string of the molecule is CN(CCS(C)(=O)=O)S(=O)(=O)c1c(F)cc(N)cc1F. The van der Waals surface area contributed by atoms with Crippen LogP contribution in [0.4, 0.5) is 14.5 Å². The number of nitrogens with zero attached hydrogens (tertiary/aromatic N) is 1. The number of rotatable bonds is 5. The van der Waals surface area contributed by atoms with Gasteiger partial charge in [-0.05, 0) is 12.1 Å². The molecule has 6 nitrogen and oxygen atoms in total. The monoisotopic (exact) mass is 328 g/mol. The van der Waals surface area contributed by atoms with Crippen LogP contribution in [0.3, 0.4) is 0 Å². The molecule has 0 atom stereocenters. The van der Waals surface area contributed by atoms with Crippen LogP contribution in [0.2, 0.25) is 0 Å². The van der Waals surface area contributed by atoms with Crippen molar-refractivity contribution in [3.63, 3.8) is 0 Å². The van der Waals surface area contributed by atoms with Crippen LogP contribution in [-0.2, 0) is 19.9 Å². The highest BCUT2D eigenvalue weighted by atomic mass is 32.2. The van der Waals surface area contributed by atoms with Crippen molar-refractivity contribution in [2.24, 2.45) is 0 Å². The van der Waals surface area contributed by atoms with E-state index in [-0.39, 0.29) is 5.69 Å². The summed E-state index contributed by atoms with van der Waals surface area (Å²) in [5.74, 6) is -3.11. The van der Waals surface area contributed by atoms with Gasteiger partial charge in [-0.2, -0.15) is 4.31 Å². The van der Waals surface area contributed by atoms with Crippen LogP contribution in [0, 0.1) is 11.6 Å². The van der Waals surface area contributed by atoms with Gasteiger partial charge in [-0.3, -0.25) is 0 Å². The number of anilines is 1. The smallest absolute Gasteiger partial charge is 0.248 e. The molecule has 0 unspecified atom stereocenters. The fourth-order valence-electron chi connectivity index (χ4n) is 1.40. The molecule has 0 saturated carbocycles. The molecule has 0 aliphatic heterocycles. The molecule has 0 spiro atoms. The third-order valence-corrected chi connectivity index (χ3v) is 5.30. The van der Waals surface area contributed by atoms with Crippen molar-refractivity contribution in [1.82, 2.24) is 4.31 Å². The number of sulfonamides is 1. The van der Waals surface area contributed by atoms with Gasteiger partial charge < -0.3 is 5.73 Å². The Hall–Kier alpha value is -1.26. The lowest BCUT2D eigenvalue weighted by Crippen LogP contribution is -2.32. The summed E-state index contributed by atoms with van der Waals surface area (Å²) in [6, 6.07) is 1.36. The van der Waals surface area contributed by atoms with Crippen molar-refractivity contribution in [3.05, 3.63) is 23.8 Å². The molecule has 0 aromatic heterocycles. The van der Waals surface area contributed by atoms with E-state index >= 15 is 0 Å². The molecule has 0 aliphatic rings. The van der Waals surface area contributed by atoms with Gasteiger partial charge in [-0.15, -0.1) is 0 Å². The van der Waals surface area contributed by atoms with Gasteiger partial charge in [0.25, 0.3) is 0 Å². The lowest BCUT2D eigenvalue weighted by Gasteiger charge is -2.17. The molecule has 1 rings (SSSR count). The van der Waals surface area contributed by atoms with E-state index in [1.165, 1.54) is 0 Å². The Bertz CT molecular complexity index is 694. The average Bonchev–Trinajstić information content (AvgIpc) is 2.22. The molecule has 1 aromatic rings. The van der Waals surface area contributed by atoms with Crippen LogP contribution in [0.5, 0.6) is 0 Å². The molecule has 20 heavy (non-hydrogen) atoms. The molecule has 0 aliphatic carbocycles. The molecule has 0 fully saturated rings. The van der Waals surface area contributed by atoms with Crippen molar-refractivity contribution in [2.75, 3.05) is 31.3 Å². The maximum Gasteiger partial charge on any atom is 0.248 e. The largest absolute Gasteiger partial charge is 0.399 e. The van der Waals surface area contributed by atoms with Crippen LogP contribution in [0.25, 0.3) is 0 Å². The van der Waals surface area contributed by atoms with Crippen LogP contribution in [0.1, 0.15) is 0 Å². The van der Waals surface area contributed by atoms with Gasteiger partial charge >= 0.3 is 0 Å². The number of nitrogen functional groups attached to an aromatic ring is 1. The highest BCUT2D eigenvalue weighted by Gasteiger charge is 2.29. The summed E-state index contributed by atoms with van der Waals surface area (Å²) in [4.78, 5) is -1.15. The standard InChI is InChI=1S/C10H14F2N2O4S2/c1-14(3-4-19(2,15)16)20(17,18)10-8(11)5-7(13)6-9(10)12/h5-6H,3-4,13H2,1-2H3. The van der Waals surface area contributed by atoms with E-state index in [1.807, 2.05) is 0 Å². The summed E-state index contributed by atoms with van der Waals surface area (Å²) in [5, 5.41) is 0. The zero-order valence-electron chi connectivity index (χ0n) is 10.8. The van der Waals surface area contributed by atoms with Gasteiger partial charge in [-0.25, -0.2) is 25.6 Å². The molecular formula is C10H14F2N2O4S2. The molecule has 0 bridgehead atoms. The summed E-state index contributed by atoms with van der Waals surface area (Å²) in [7, 11) is -6.84. The van der Waals surface area contributed by atoms with E-state index in [9.17, 15) is 25.6 Å². The Balaban J connectivity index is 3.18. The van der Waals surface area contributed by atoms with Crippen molar-refractivity contribution in [3.8, 4) is 0 Å². The Morgan fingerprint density at radius 2 is 1.60 bits per heavy atom. The van der Waals surface area contributed by atoms with Crippen molar-refractivity contribution >= 4 is 25.5 Å². The molecular weight excluding hydrogens is 314 g/mol. The number of nitrogens with two attached hydrogens (primary N) is 1. The first kappa shape index (κ1) is 16.8. The topological polar surface area (TPSA) is 97.5 Å². The van der Waals surface area contributed by atoms with Gasteiger partial charge in [0, 0.05) is 25.5 Å². The second-order valence-corrected chi connectivity index (χ2v) is 8.51. The summed E-state index contributed by atoms with van der Waals surface area (Å²) >= 11 is 0. The second-order valence-electron chi connectivity index (χ2n) is 4.27. The number of sulfone groups is 1. The Kier molecular flexibility index (Phi) is 4.72. The first-order valence-electron chi connectivity index (χ1n) is 5.34. The van der Waals surface area contributed by atoms with E-state index < -0.39 is 48.7 Å². The lowest BCUT2D eigenvalue weighted by atomic mass is 10.3. The minimum Gasteiger partial charge on any atom is -0.399 e. The highest BCUT2D eigenvalue weighted by Crippen LogP contribution is 2.24. The van der Waals surface area contributed by atoms with Crippen molar-refractivity contribution in [1.29, 1.82) is 0 Å². The predicted molar refractivity (Wildman–Crippen MR) is 70.3 cm³/mol. The van der Waals surface area contributed by atoms with Gasteiger partial charge in [-0.1, -0.05) is 0 Å². The molecule has 0 radical (unpaired) electrons. The first-order valence-corrected chi connectivity index (χ1v) is 8.84. The maximum absolute atomic E-state index is 13.6. The van der Waals surface area contributed by atoms with Crippen molar-refractivity contribution < 1.29 is 25.6 Å². The zero-order valence-corrected chi connectivity index (χ0v) is 12.4. The van der Waals surface area contributed by atoms with E-state index in [4.69, 9.17) is 5.73 Å². The summed E-state index contributed by atoms with van der Waals surface area (Å²) in [6.45, 7) is -0.412. The van der Waals surface area contributed by atoms with Gasteiger partial charge in [0.05, 0.1) is 5.75 Å². The number of halogens is 2. The predicted octanol–water partition coefficient (Wildman–Crippen LogP) is 0.212. The second kappa shape index (κ2) is 5.62. The number of benzene rings is 1. The summed E-state index contributed by atoms with van der Waals surface area (Å²) in [5.41, 5.74) is 4.94. The quantitative estimate of drug-likeness (QED) is 0.779. The van der Waals surface area contributed by atoms with Gasteiger partial charge in [0.15, 0.2) is 4.90 Å². The van der Waals surface area contributed by atoms with E-state index in [0.717, 1.165) is 13.3 Å². The Morgan fingerprint density at radius 1 is 1.15 bits per heavy atom. The maximum atomic E-state index is 13.6. The van der Waals surface area contributed by atoms with Crippen LogP contribution >= 0.6 is 0 Å². The third-order valence-electron chi connectivity index (χ3n) is 2.47. The molecule has 2 N–H and O–H groups in total. The first-order chi connectivity index (χ1) is 8.95. The third kappa shape index (κ3) is 3.87. The van der Waals surface area contributed by atoms with Crippen LogP contribution in [0.15, 0.2) is 17.0 Å². The molecule has 10 heteroatoms. The number of hydrogen-bond donors (Lipinski definition) is 1. The lowest BCUT2D eigenvalue weighted by molar-refractivity contribution is 0.462.